The normalized spacial score (nSPS) is 10.5. The van der Waals surface area contributed by atoms with Gasteiger partial charge >= 0.3 is 5.97 Å². The minimum atomic E-state index is -0.565. The molecule has 0 aliphatic carbocycles. The summed E-state index contributed by atoms with van der Waals surface area (Å²) in [6.07, 6.45) is 0. The molecule has 19 heavy (non-hydrogen) atoms. The number of carbonyl (C=O) groups is 1. The molecule has 0 unspecified atom stereocenters. The van der Waals surface area contributed by atoms with Crippen LogP contribution in [0.4, 0.5) is 5.82 Å². The summed E-state index contributed by atoms with van der Waals surface area (Å²) < 4.78 is 7.06. The van der Waals surface area contributed by atoms with Gasteiger partial charge in [0.2, 0.25) is 0 Å². The Morgan fingerprint density at radius 2 is 2.21 bits per heavy atom. The standard InChI is InChI=1S/C12H11BrClN3O2/c1-6-16-10(12(18)19-2)11(15)17(6)9-4-3-7(14)5-8(9)13/h3-5H,15H2,1-2H3. The number of ether oxygens (including phenoxy) is 1. The molecule has 1 heterocycles. The molecule has 2 aromatic rings. The molecule has 0 aliphatic heterocycles. The van der Waals surface area contributed by atoms with Crippen LogP contribution in [-0.2, 0) is 4.74 Å². The molecule has 0 bridgehead atoms. The van der Waals surface area contributed by atoms with Gasteiger partial charge in [-0.3, -0.25) is 4.57 Å². The van der Waals surface area contributed by atoms with Crippen LogP contribution < -0.4 is 5.73 Å². The van der Waals surface area contributed by atoms with E-state index in [0.717, 1.165) is 10.2 Å². The Morgan fingerprint density at radius 1 is 1.53 bits per heavy atom. The Labute approximate surface area is 123 Å². The van der Waals surface area contributed by atoms with Crippen molar-refractivity contribution in [2.45, 2.75) is 6.92 Å². The quantitative estimate of drug-likeness (QED) is 0.850. The number of rotatable bonds is 2. The van der Waals surface area contributed by atoms with Crippen molar-refractivity contribution in [1.29, 1.82) is 0 Å². The summed E-state index contributed by atoms with van der Waals surface area (Å²) in [5.41, 5.74) is 6.82. The minimum absolute atomic E-state index is 0.0989. The Bertz CT molecular complexity index is 655. The van der Waals surface area contributed by atoms with E-state index < -0.39 is 5.97 Å². The molecule has 1 aromatic heterocycles. The van der Waals surface area contributed by atoms with Gasteiger partial charge in [0.15, 0.2) is 5.69 Å². The topological polar surface area (TPSA) is 70.1 Å². The summed E-state index contributed by atoms with van der Waals surface area (Å²) >= 11 is 9.31. The molecule has 0 aliphatic rings. The smallest absolute Gasteiger partial charge is 0.360 e. The highest BCUT2D eigenvalue weighted by molar-refractivity contribution is 9.10. The van der Waals surface area contributed by atoms with Gasteiger partial charge in [-0.15, -0.1) is 0 Å². The molecule has 0 radical (unpaired) electrons. The first-order valence-electron chi connectivity index (χ1n) is 5.34. The molecular formula is C12H11BrClN3O2. The predicted octanol–water partition coefficient (Wildman–Crippen LogP) is 2.97. The second-order valence-corrected chi connectivity index (χ2v) is 5.11. The summed E-state index contributed by atoms with van der Waals surface area (Å²) in [6, 6.07) is 5.27. The Kier molecular flexibility index (Phi) is 3.82. The van der Waals surface area contributed by atoms with Gasteiger partial charge in [-0.25, -0.2) is 9.78 Å². The Morgan fingerprint density at radius 3 is 2.79 bits per heavy atom. The van der Waals surface area contributed by atoms with Crippen molar-refractivity contribution in [3.05, 3.63) is 39.2 Å². The largest absolute Gasteiger partial charge is 0.464 e. The van der Waals surface area contributed by atoms with E-state index in [-0.39, 0.29) is 11.5 Å². The van der Waals surface area contributed by atoms with Crippen LogP contribution in [0.2, 0.25) is 5.02 Å². The van der Waals surface area contributed by atoms with Crippen molar-refractivity contribution in [2.24, 2.45) is 0 Å². The van der Waals surface area contributed by atoms with Crippen LogP contribution in [0.25, 0.3) is 5.69 Å². The number of esters is 1. The van der Waals surface area contributed by atoms with E-state index in [1.807, 2.05) is 0 Å². The number of nitrogens with two attached hydrogens (primary N) is 1. The molecule has 2 rings (SSSR count). The Balaban J connectivity index is 2.63. The van der Waals surface area contributed by atoms with Crippen molar-refractivity contribution in [1.82, 2.24) is 9.55 Å². The van der Waals surface area contributed by atoms with Crippen molar-refractivity contribution in [2.75, 3.05) is 12.8 Å². The molecular weight excluding hydrogens is 334 g/mol. The predicted molar refractivity (Wildman–Crippen MR) is 76.8 cm³/mol. The SMILES string of the molecule is COC(=O)c1nc(C)n(-c2ccc(Cl)cc2Br)c1N. The summed E-state index contributed by atoms with van der Waals surface area (Å²) in [5, 5.41) is 0.597. The number of halogens is 2. The van der Waals surface area contributed by atoms with Gasteiger partial charge in [-0.1, -0.05) is 11.6 Å². The van der Waals surface area contributed by atoms with Crippen molar-refractivity contribution in [3.63, 3.8) is 0 Å². The third-order valence-corrected chi connectivity index (χ3v) is 3.48. The zero-order valence-corrected chi connectivity index (χ0v) is 12.6. The fraction of sp³-hybridized carbons (Fsp3) is 0.167. The molecule has 2 N–H and O–H groups in total. The monoisotopic (exact) mass is 343 g/mol. The van der Waals surface area contributed by atoms with E-state index in [0.29, 0.717) is 10.8 Å². The highest BCUT2D eigenvalue weighted by Crippen LogP contribution is 2.29. The number of benzene rings is 1. The van der Waals surface area contributed by atoms with Crippen molar-refractivity contribution in [3.8, 4) is 5.69 Å². The number of carbonyl (C=O) groups excluding carboxylic acids is 1. The van der Waals surface area contributed by atoms with Crippen LogP contribution in [0, 0.1) is 6.92 Å². The maximum Gasteiger partial charge on any atom is 0.360 e. The van der Waals surface area contributed by atoms with Crippen LogP contribution in [0.5, 0.6) is 0 Å². The van der Waals surface area contributed by atoms with Gasteiger partial charge in [0.05, 0.1) is 12.8 Å². The minimum Gasteiger partial charge on any atom is -0.464 e. The fourth-order valence-electron chi connectivity index (χ4n) is 1.76. The lowest BCUT2D eigenvalue weighted by molar-refractivity contribution is 0.0596. The molecule has 0 fully saturated rings. The summed E-state index contributed by atoms with van der Waals surface area (Å²) in [6.45, 7) is 1.75. The van der Waals surface area contributed by atoms with Gasteiger partial charge < -0.3 is 10.5 Å². The molecule has 100 valence electrons. The number of anilines is 1. The third kappa shape index (κ3) is 2.46. The maximum atomic E-state index is 11.6. The van der Waals surface area contributed by atoms with Crippen LogP contribution >= 0.6 is 27.5 Å². The van der Waals surface area contributed by atoms with E-state index >= 15 is 0 Å². The first kappa shape index (κ1) is 13.9. The summed E-state index contributed by atoms with van der Waals surface area (Å²) in [4.78, 5) is 15.7. The van der Waals surface area contributed by atoms with Gasteiger partial charge in [-0.05, 0) is 41.1 Å². The number of nitrogens with zero attached hydrogens (tertiary/aromatic N) is 2. The molecule has 1 aromatic carbocycles. The van der Waals surface area contributed by atoms with E-state index in [1.165, 1.54) is 7.11 Å². The van der Waals surface area contributed by atoms with Crippen molar-refractivity contribution >= 4 is 39.3 Å². The lowest BCUT2D eigenvalue weighted by Crippen LogP contribution is -2.08. The van der Waals surface area contributed by atoms with E-state index in [4.69, 9.17) is 17.3 Å². The van der Waals surface area contributed by atoms with Crippen molar-refractivity contribution < 1.29 is 9.53 Å². The van der Waals surface area contributed by atoms with Gasteiger partial charge in [-0.2, -0.15) is 0 Å². The number of imidazole rings is 1. The number of hydrogen-bond donors (Lipinski definition) is 1. The zero-order valence-electron chi connectivity index (χ0n) is 10.3. The second kappa shape index (κ2) is 5.22. The first-order valence-corrected chi connectivity index (χ1v) is 6.51. The summed E-state index contributed by atoms with van der Waals surface area (Å²) in [5.74, 6) is 0.248. The lowest BCUT2D eigenvalue weighted by Gasteiger charge is -2.10. The van der Waals surface area contributed by atoms with Crippen LogP contribution in [0.3, 0.4) is 0 Å². The zero-order chi connectivity index (χ0) is 14.2. The second-order valence-electron chi connectivity index (χ2n) is 3.82. The van der Waals surface area contributed by atoms with Crippen LogP contribution in [-0.4, -0.2) is 22.6 Å². The maximum absolute atomic E-state index is 11.6. The number of methoxy groups -OCH3 is 1. The van der Waals surface area contributed by atoms with Crippen LogP contribution in [0.1, 0.15) is 16.3 Å². The molecule has 0 atom stereocenters. The molecule has 5 nitrogen and oxygen atoms in total. The third-order valence-electron chi connectivity index (χ3n) is 2.61. The number of aryl methyl sites for hydroxylation is 1. The number of aromatic nitrogens is 2. The van der Waals surface area contributed by atoms with E-state index in [9.17, 15) is 4.79 Å². The first-order chi connectivity index (χ1) is 8.95. The molecule has 0 amide bonds. The van der Waals surface area contributed by atoms with Gasteiger partial charge in [0.1, 0.15) is 11.6 Å². The number of nitrogen functional groups attached to an aromatic ring is 1. The highest BCUT2D eigenvalue weighted by atomic mass is 79.9. The molecule has 0 saturated carbocycles. The summed E-state index contributed by atoms with van der Waals surface area (Å²) in [7, 11) is 1.29. The fourth-order valence-corrected chi connectivity index (χ4v) is 2.62. The van der Waals surface area contributed by atoms with Gasteiger partial charge in [0, 0.05) is 9.50 Å². The average molecular weight is 345 g/mol. The molecule has 7 heteroatoms. The van der Waals surface area contributed by atoms with Crippen LogP contribution in [0.15, 0.2) is 22.7 Å². The molecule has 0 saturated heterocycles. The van der Waals surface area contributed by atoms with Gasteiger partial charge in [0.25, 0.3) is 0 Å². The van der Waals surface area contributed by atoms with E-state index in [1.54, 1.807) is 29.7 Å². The number of hydrogen-bond acceptors (Lipinski definition) is 4. The average Bonchev–Trinajstić information content (AvgIpc) is 2.65. The van der Waals surface area contributed by atoms with E-state index in [2.05, 4.69) is 25.7 Å². The molecule has 0 spiro atoms. The lowest BCUT2D eigenvalue weighted by atomic mass is 10.3. The highest BCUT2D eigenvalue weighted by Gasteiger charge is 2.21. The Hall–Kier alpha value is -1.53.